The van der Waals surface area contributed by atoms with E-state index >= 15 is 0 Å². The first kappa shape index (κ1) is 20.0. The largest absolute Gasteiger partial charge is 0.641 e. The van der Waals surface area contributed by atoms with Crippen molar-refractivity contribution in [2.45, 2.75) is 69.7 Å². The molecule has 0 saturated heterocycles. The van der Waals surface area contributed by atoms with E-state index in [0.29, 0.717) is 0 Å². The molecule has 0 aliphatic carbocycles. The summed E-state index contributed by atoms with van der Waals surface area (Å²) in [4.78, 5) is 0. The van der Waals surface area contributed by atoms with E-state index in [4.69, 9.17) is 14.0 Å². The SMILES string of the molecule is CCCCCCSC(C)OB(OC(C)S)OC(C)S. The van der Waals surface area contributed by atoms with Gasteiger partial charge in [0, 0.05) is 0 Å². The summed E-state index contributed by atoms with van der Waals surface area (Å²) in [5.41, 5.74) is -0.441. The minimum atomic E-state index is -0.710. The molecular weight excluding hydrogens is 299 g/mol. The summed E-state index contributed by atoms with van der Waals surface area (Å²) in [7, 11) is -0.710. The second-order valence-electron chi connectivity index (χ2n) is 4.39. The zero-order valence-electron chi connectivity index (χ0n) is 12.4. The Bertz CT molecular complexity index is 199. The van der Waals surface area contributed by atoms with E-state index in [1.165, 1.54) is 25.7 Å². The summed E-state index contributed by atoms with van der Waals surface area (Å²) in [6.45, 7) is 7.88. The molecule has 0 fully saturated rings. The molecule has 0 heterocycles. The van der Waals surface area contributed by atoms with E-state index in [0.717, 1.165) is 5.75 Å². The molecule has 7 heteroatoms. The van der Waals surface area contributed by atoms with Gasteiger partial charge in [0.25, 0.3) is 0 Å². The molecule has 0 bridgehead atoms. The standard InChI is InChI=1S/C12H27BO3S3/c1-5-6-7-8-9-19-12(4)16-13(14-10(2)17)15-11(3)18/h10-12,17-18H,5-9H2,1-4H3. The van der Waals surface area contributed by atoms with Crippen LogP contribution < -0.4 is 0 Å². The Kier molecular flexibility index (Phi) is 13.4. The minimum Gasteiger partial charge on any atom is -0.374 e. The molecule has 0 saturated carbocycles. The molecule has 3 atom stereocenters. The van der Waals surface area contributed by atoms with Gasteiger partial charge in [-0.2, -0.15) is 0 Å². The predicted octanol–water partition coefficient (Wildman–Crippen LogP) is 4.23. The quantitative estimate of drug-likeness (QED) is 0.243. The van der Waals surface area contributed by atoms with Crippen LogP contribution in [0.5, 0.6) is 0 Å². The Morgan fingerprint density at radius 2 is 1.53 bits per heavy atom. The highest BCUT2D eigenvalue weighted by Gasteiger charge is 2.27. The van der Waals surface area contributed by atoms with Gasteiger partial charge in [-0.15, -0.1) is 37.0 Å². The lowest BCUT2D eigenvalue weighted by Crippen LogP contribution is -2.34. The topological polar surface area (TPSA) is 27.7 Å². The van der Waals surface area contributed by atoms with Crippen molar-refractivity contribution in [3.05, 3.63) is 0 Å². The third kappa shape index (κ3) is 13.7. The smallest absolute Gasteiger partial charge is 0.374 e. The van der Waals surface area contributed by atoms with Crippen LogP contribution in [0.25, 0.3) is 0 Å². The van der Waals surface area contributed by atoms with Crippen LogP contribution in [0, 0.1) is 0 Å². The molecule has 0 aromatic heterocycles. The molecule has 114 valence electrons. The van der Waals surface area contributed by atoms with Gasteiger partial charge in [-0.05, 0) is 32.9 Å². The lowest BCUT2D eigenvalue weighted by molar-refractivity contribution is 0.0819. The monoisotopic (exact) mass is 326 g/mol. The van der Waals surface area contributed by atoms with Crippen molar-refractivity contribution in [2.75, 3.05) is 5.75 Å². The highest BCUT2D eigenvalue weighted by molar-refractivity contribution is 7.99. The maximum absolute atomic E-state index is 5.70. The lowest BCUT2D eigenvalue weighted by Gasteiger charge is -2.21. The van der Waals surface area contributed by atoms with Gasteiger partial charge in [0.1, 0.15) is 0 Å². The average Bonchev–Trinajstić information content (AvgIpc) is 2.26. The Hall–Kier alpha value is 0.995. The highest BCUT2D eigenvalue weighted by Crippen LogP contribution is 2.18. The zero-order chi connectivity index (χ0) is 14.7. The van der Waals surface area contributed by atoms with Gasteiger partial charge in [0.05, 0.1) is 16.3 Å². The predicted molar refractivity (Wildman–Crippen MR) is 92.0 cm³/mol. The fourth-order valence-corrected chi connectivity index (χ4v) is 2.46. The molecule has 0 aromatic rings. The van der Waals surface area contributed by atoms with Gasteiger partial charge >= 0.3 is 7.32 Å². The summed E-state index contributed by atoms with van der Waals surface area (Å²) in [6.07, 6.45) is 5.08. The van der Waals surface area contributed by atoms with Crippen molar-refractivity contribution < 1.29 is 14.0 Å². The lowest BCUT2D eigenvalue weighted by atomic mass is 10.2. The van der Waals surface area contributed by atoms with Crippen LogP contribution in [0.1, 0.15) is 53.4 Å². The van der Waals surface area contributed by atoms with Gasteiger partial charge in [0.2, 0.25) is 0 Å². The molecule has 0 aliphatic heterocycles. The summed E-state index contributed by atoms with van der Waals surface area (Å²) >= 11 is 10.1. The minimum absolute atomic E-state index is 0.0331. The maximum Gasteiger partial charge on any atom is 0.641 e. The number of thiol groups is 2. The van der Waals surface area contributed by atoms with E-state index in [2.05, 4.69) is 32.2 Å². The first-order valence-corrected chi connectivity index (χ1v) is 8.98. The van der Waals surface area contributed by atoms with Crippen LogP contribution in [0.15, 0.2) is 0 Å². The Balaban J connectivity index is 3.84. The number of hydrogen-bond donors (Lipinski definition) is 2. The summed E-state index contributed by atoms with van der Waals surface area (Å²) in [6, 6.07) is 0. The molecule has 0 amide bonds. The zero-order valence-corrected chi connectivity index (χ0v) is 15.0. The Labute approximate surface area is 133 Å². The van der Waals surface area contributed by atoms with Crippen LogP contribution in [-0.4, -0.2) is 29.4 Å². The molecular formula is C12H27BO3S3. The van der Waals surface area contributed by atoms with Crippen LogP contribution in [0.3, 0.4) is 0 Å². The van der Waals surface area contributed by atoms with Crippen molar-refractivity contribution in [1.82, 2.24) is 0 Å². The summed E-state index contributed by atoms with van der Waals surface area (Å²) in [5, 5.41) is 0. The van der Waals surface area contributed by atoms with E-state index in [1.54, 1.807) is 11.8 Å². The van der Waals surface area contributed by atoms with Gasteiger partial charge in [0.15, 0.2) is 0 Å². The molecule has 19 heavy (non-hydrogen) atoms. The van der Waals surface area contributed by atoms with E-state index < -0.39 is 7.32 Å². The van der Waals surface area contributed by atoms with Crippen LogP contribution >= 0.6 is 37.0 Å². The molecule has 3 nitrogen and oxygen atoms in total. The van der Waals surface area contributed by atoms with Crippen molar-refractivity contribution in [3.8, 4) is 0 Å². The molecule has 0 spiro atoms. The molecule has 0 aliphatic rings. The summed E-state index contributed by atoms with van der Waals surface area (Å²) in [5.74, 6) is 1.10. The first-order valence-electron chi connectivity index (χ1n) is 6.89. The highest BCUT2D eigenvalue weighted by atomic mass is 32.2. The van der Waals surface area contributed by atoms with Gasteiger partial charge in [-0.25, -0.2) is 0 Å². The number of unbranched alkanes of at least 4 members (excludes halogenated alkanes) is 3. The van der Waals surface area contributed by atoms with Gasteiger partial charge in [-0.1, -0.05) is 26.2 Å². The molecule has 0 radical (unpaired) electrons. The third-order valence-corrected chi connectivity index (χ3v) is 3.62. The maximum atomic E-state index is 5.70. The molecule has 3 unspecified atom stereocenters. The fourth-order valence-electron chi connectivity index (χ4n) is 1.39. The summed E-state index contributed by atoms with van der Waals surface area (Å²) < 4.78 is 16.6. The molecule has 0 N–H and O–H groups in total. The van der Waals surface area contributed by atoms with Crippen LogP contribution in [0.4, 0.5) is 0 Å². The second-order valence-corrected chi connectivity index (χ2v) is 7.25. The van der Waals surface area contributed by atoms with Crippen molar-refractivity contribution in [1.29, 1.82) is 0 Å². The number of rotatable bonds is 12. The number of hydrogen-bond acceptors (Lipinski definition) is 6. The van der Waals surface area contributed by atoms with Crippen LogP contribution in [-0.2, 0) is 14.0 Å². The third-order valence-electron chi connectivity index (χ3n) is 2.27. The average molecular weight is 326 g/mol. The van der Waals surface area contributed by atoms with Gasteiger partial charge in [-0.3, -0.25) is 0 Å². The Morgan fingerprint density at radius 3 is 2.00 bits per heavy atom. The van der Waals surface area contributed by atoms with E-state index in [1.807, 2.05) is 20.8 Å². The molecule has 0 aromatic carbocycles. The van der Waals surface area contributed by atoms with E-state index in [-0.39, 0.29) is 16.3 Å². The van der Waals surface area contributed by atoms with E-state index in [9.17, 15) is 0 Å². The second kappa shape index (κ2) is 12.7. The number of thioether (sulfide) groups is 1. The van der Waals surface area contributed by atoms with Crippen molar-refractivity contribution in [2.24, 2.45) is 0 Å². The van der Waals surface area contributed by atoms with Crippen LogP contribution in [0.2, 0.25) is 0 Å². The van der Waals surface area contributed by atoms with Gasteiger partial charge < -0.3 is 14.0 Å². The van der Waals surface area contributed by atoms with Crippen molar-refractivity contribution >= 4 is 44.3 Å². The first-order chi connectivity index (χ1) is 8.95. The normalized spacial score (nSPS) is 16.1. The van der Waals surface area contributed by atoms with Crippen molar-refractivity contribution in [3.63, 3.8) is 0 Å². The fraction of sp³-hybridized carbons (Fsp3) is 1.00. The molecule has 0 rings (SSSR count). The Morgan fingerprint density at radius 1 is 0.947 bits per heavy atom.